The van der Waals surface area contributed by atoms with Gasteiger partial charge in [0.2, 0.25) is 0 Å². The first-order valence-corrected chi connectivity index (χ1v) is 9.03. The number of rotatable bonds is 8. The van der Waals surface area contributed by atoms with Gasteiger partial charge in [0.25, 0.3) is 0 Å². The fraction of sp³-hybridized carbons (Fsp3) is 0.263. The van der Waals surface area contributed by atoms with Gasteiger partial charge in [-0.25, -0.2) is 0 Å². The van der Waals surface area contributed by atoms with Crippen LogP contribution in [-0.2, 0) is 0 Å². The van der Waals surface area contributed by atoms with Gasteiger partial charge < -0.3 is 19.5 Å². The van der Waals surface area contributed by atoms with Crippen LogP contribution in [0, 0.1) is 6.92 Å². The lowest BCUT2D eigenvalue weighted by atomic mass is 10.2. The van der Waals surface area contributed by atoms with Crippen LogP contribution >= 0.6 is 23.8 Å². The van der Waals surface area contributed by atoms with Crippen LogP contribution in [0.1, 0.15) is 11.1 Å². The van der Waals surface area contributed by atoms with Crippen molar-refractivity contribution in [2.75, 3.05) is 27.4 Å². The summed E-state index contributed by atoms with van der Waals surface area (Å²) in [6.45, 7) is 2.71. The minimum absolute atomic E-state index is 0.329. The summed E-state index contributed by atoms with van der Waals surface area (Å²) in [5, 5.41) is 7.62. The molecule has 0 atom stereocenters. The molecule has 144 valence electrons. The van der Waals surface area contributed by atoms with Crippen LogP contribution in [0.25, 0.3) is 0 Å². The van der Waals surface area contributed by atoms with Crippen LogP contribution in [0.15, 0.2) is 41.5 Å². The number of ether oxygens (including phenoxy) is 3. The summed E-state index contributed by atoms with van der Waals surface area (Å²) in [5.74, 6) is 1.80. The maximum Gasteiger partial charge on any atom is 0.186 e. The van der Waals surface area contributed by atoms with Gasteiger partial charge in [-0.1, -0.05) is 29.8 Å². The molecule has 0 spiro atoms. The summed E-state index contributed by atoms with van der Waals surface area (Å²) < 4.78 is 16.9. The minimum atomic E-state index is 0.329. The number of nitrogens with zero attached hydrogens (tertiary/aromatic N) is 1. The Bertz CT molecular complexity index is 815. The van der Waals surface area contributed by atoms with Gasteiger partial charge in [0.05, 0.1) is 18.3 Å². The summed E-state index contributed by atoms with van der Waals surface area (Å²) in [7, 11) is 3.26. The molecule has 27 heavy (non-hydrogen) atoms. The number of methoxy groups -OCH3 is 1. The van der Waals surface area contributed by atoms with E-state index in [1.165, 1.54) is 0 Å². The van der Waals surface area contributed by atoms with Gasteiger partial charge >= 0.3 is 0 Å². The van der Waals surface area contributed by atoms with Gasteiger partial charge in [0, 0.05) is 7.05 Å². The maximum absolute atomic E-state index is 6.34. The van der Waals surface area contributed by atoms with Crippen molar-refractivity contribution in [2.45, 2.75) is 6.92 Å². The Morgan fingerprint density at radius 1 is 1.19 bits per heavy atom. The van der Waals surface area contributed by atoms with Crippen molar-refractivity contribution in [3.05, 3.63) is 52.5 Å². The van der Waals surface area contributed by atoms with Crippen molar-refractivity contribution in [2.24, 2.45) is 5.10 Å². The van der Waals surface area contributed by atoms with Crippen LogP contribution in [0.5, 0.6) is 17.2 Å². The van der Waals surface area contributed by atoms with Gasteiger partial charge in [0.1, 0.15) is 19.0 Å². The summed E-state index contributed by atoms with van der Waals surface area (Å²) in [4.78, 5) is 0. The topological polar surface area (TPSA) is 64.1 Å². The molecule has 2 N–H and O–H groups in total. The minimum Gasteiger partial charge on any atom is -0.493 e. The van der Waals surface area contributed by atoms with Crippen LogP contribution < -0.4 is 25.0 Å². The second kappa shape index (κ2) is 10.6. The van der Waals surface area contributed by atoms with Gasteiger partial charge in [-0.05, 0) is 48.5 Å². The van der Waals surface area contributed by atoms with Gasteiger partial charge in [-0.2, -0.15) is 5.10 Å². The number of aryl methyl sites for hydroxylation is 1. The Morgan fingerprint density at radius 3 is 2.63 bits per heavy atom. The highest BCUT2D eigenvalue weighted by Crippen LogP contribution is 2.36. The van der Waals surface area contributed by atoms with Gasteiger partial charge in [0.15, 0.2) is 16.6 Å². The molecule has 6 nitrogen and oxygen atoms in total. The lowest BCUT2D eigenvalue weighted by molar-refractivity contribution is 0.210. The average molecular weight is 408 g/mol. The zero-order valence-corrected chi connectivity index (χ0v) is 17.0. The Kier molecular flexibility index (Phi) is 8.16. The highest BCUT2D eigenvalue weighted by molar-refractivity contribution is 7.80. The molecule has 0 saturated carbocycles. The molecule has 0 aliphatic carbocycles. The molecule has 0 saturated heterocycles. The number of thiocarbonyl (C=S) groups is 1. The molecule has 0 unspecified atom stereocenters. The summed E-state index contributed by atoms with van der Waals surface area (Å²) in [6.07, 6.45) is 1.59. The quantitative estimate of drug-likeness (QED) is 0.302. The second-order valence-electron chi connectivity index (χ2n) is 5.45. The van der Waals surface area contributed by atoms with Crippen LogP contribution in [0.4, 0.5) is 0 Å². The van der Waals surface area contributed by atoms with E-state index in [1.807, 2.05) is 31.2 Å². The van der Waals surface area contributed by atoms with E-state index < -0.39 is 0 Å². The fourth-order valence-electron chi connectivity index (χ4n) is 2.19. The van der Waals surface area contributed by atoms with E-state index in [9.17, 15) is 0 Å². The van der Waals surface area contributed by atoms with Crippen LogP contribution in [-0.4, -0.2) is 38.7 Å². The zero-order chi connectivity index (χ0) is 19.6. The highest BCUT2D eigenvalue weighted by Gasteiger charge is 2.12. The molecule has 0 fully saturated rings. The molecule has 0 amide bonds. The van der Waals surface area contributed by atoms with E-state index in [1.54, 1.807) is 32.5 Å². The van der Waals surface area contributed by atoms with E-state index in [-0.39, 0.29) is 0 Å². The Hall–Kier alpha value is -2.51. The molecule has 2 aromatic rings. The molecule has 2 aromatic carbocycles. The van der Waals surface area contributed by atoms with Gasteiger partial charge in [-0.15, -0.1) is 0 Å². The molecule has 8 heteroatoms. The Balaban J connectivity index is 1.98. The third-order valence-corrected chi connectivity index (χ3v) is 4.12. The molecule has 0 heterocycles. The van der Waals surface area contributed by atoms with Crippen molar-refractivity contribution < 1.29 is 14.2 Å². The van der Waals surface area contributed by atoms with E-state index in [0.717, 1.165) is 16.9 Å². The second-order valence-corrected chi connectivity index (χ2v) is 6.26. The summed E-state index contributed by atoms with van der Waals surface area (Å²) in [5.41, 5.74) is 4.49. The Morgan fingerprint density at radius 2 is 1.93 bits per heavy atom. The van der Waals surface area contributed by atoms with Crippen molar-refractivity contribution in [3.8, 4) is 17.2 Å². The molecule has 0 aromatic heterocycles. The van der Waals surface area contributed by atoms with E-state index in [2.05, 4.69) is 15.8 Å². The molecule has 0 radical (unpaired) electrons. The van der Waals surface area contributed by atoms with E-state index in [4.69, 9.17) is 38.0 Å². The zero-order valence-electron chi connectivity index (χ0n) is 15.4. The fourth-order valence-corrected chi connectivity index (χ4v) is 2.52. The third-order valence-electron chi connectivity index (χ3n) is 3.54. The lowest BCUT2D eigenvalue weighted by Crippen LogP contribution is -2.28. The van der Waals surface area contributed by atoms with Crippen molar-refractivity contribution in [1.29, 1.82) is 0 Å². The maximum atomic E-state index is 6.34. The Labute approximate surface area is 169 Å². The predicted octanol–water partition coefficient (Wildman–Crippen LogP) is 3.54. The SMILES string of the molecule is CNC(=S)NN=Cc1cc(Cl)c(OCCOc2ccccc2C)c(OC)c1. The molecule has 0 aliphatic heterocycles. The smallest absolute Gasteiger partial charge is 0.186 e. The average Bonchev–Trinajstić information content (AvgIpc) is 2.67. The molecule has 0 aliphatic rings. The predicted molar refractivity (Wildman–Crippen MR) is 113 cm³/mol. The third kappa shape index (κ3) is 6.30. The number of benzene rings is 2. The van der Waals surface area contributed by atoms with Crippen molar-refractivity contribution in [3.63, 3.8) is 0 Å². The van der Waals surface area contributed by atoms with Crippen LogP contribution in [0.2, 0.25) is 5.02 Å². The summed E-state index contributed by atoms with van der Waals surface area (Å²) >= 11 is 11.3. The van der Waals surface area contributed by atoms with Crippen molar-refractivity contribution in [1.82, 2.24) is 10.7 Å². The number of hydrogen-bond donors (Lipinski definition) is 2. The number of hydrazone groups is 1. The first kappa shape index (κ1) is 20.8. The number of nitrogens with one attached hydrogen (secondary N) is 2. The largest absolute Gasteiger partial charge is 0.493 e. The standard InChI is InChI=1S/C19H22ClN3O3S/c1-13-6-4-5-7-16(13)25-8-9-26-18-15(20)10-14(11-17(18)24-3)12-22-23-19(27)21-2/h4-7,10-12H,8-9H2,1-3H3,(H2,21,23,27). The number of halogens is 1. The van der Waals surface area contributed by atoms with E-state index in [0.29, 0.717) is 34.8 Å². The highest BCUT2D eigenvalue weighted by atomic mass is 35.5. The normalized spacial score (nSPS) is 10.5. The van der Waals surface area contributed by atoms with Gasteiger partial charge in [-0.3, -0.25) is 5.43 Å². The number of para-hydroxylation sites is 1. The molecule has 2 rings (SSSR count). The summed E-state index contributed by atoms with van der Waals surface area (Å²) in [6, 6.07) is 11.3. The molecular formula is C19H22ClN3O3S. The molecule has 0 bridgehead atoms. The number of hydrogen-bond acceptors (Lipinski definition) is 5. The monoisotopic (exact) mass is 407 g/mol. The van der Waals surface area contributed by atoms with E-state index >= 15 is 0 Å². The lowest BCUT2D eigenvalue weighted by Gasteiger charge is -2.14. The first-order valence-electron chi connectivity index (χ1n) is 8.24. The van der Waals surface area contributed by atoms with Crippen molar-refractivity contribution >= 4 is 35.1 Å². The molecular weight excluding hydrogens is 386 g/mol. The first-order chi connectivity index (χ1) is 13.0. The van der Waals surface area contributed by atoms with Crippen LogP contribution in [0.3, 0.4) is 0 Å².